The van der Waals surface area contributed by atoms with Crippen molar-refractivity contribution in [3.63, 3.8) is 0 Å². The minimum atomic E-state index is -1.84. The number of carbonyl (C=O) groups excluding carboxylic acids is 1. The van der Waals surface area contributed by atoms with Gasteiger partial charge in [0.1, 0.15) is 5.52 Å². The molecule has 11 heteroatoms. The van der Waals surface area contributed by atoms with Gasteiger partial charge in [-0.15, -0.1) is 0 Å². The van der Waals surface area contributed by atoms with Crippen molar-refractivity contribution in [3.8, 4) is 17.2 Å². The number of fused-ring (bicyclic) bond motifs is 4. The second-order valence-corrected chi connectivity index (χ2v) is 13.2. The highest BCUT2D eigenvalue weighted by Crippen LogP contribution is 2.50. The largest absolute Gasteiger partial charge is 0.387 e. The molecule has 228 valence electrons. The predicted octanol–water partition coefficient (Wildman–Crippen LogP) is 7.02. The number of halogens is 4. The Morgan fingerprint density at radius 2 is 2.07 bits per heavy atom. The van der Waals surface area contributed by atoms with Crippen molar-refractivity contribution in [2.45, 2.75) is 75.8 Å². The first-order valence-electron chi connectivity index (χ1n) is 15.0. The zero-order chi connectivity index (χ0) is 31.1. The number of benzene rings is 2. The van der Waals surface area contributed by atoms with E-state index in [2.05, 4.69) is 21.3 Å². The van der Waals surface area contributed by atoms with E-state index in [1.807, 2.05) is 19.1 Å². The van der Waals surface area contributed by atoms with Gasteiger partial charge < -0.3 is 20.3 Å². The number of nitrogens with zero attached hydrogens (tertiary/aromatic N) is 3. The fraction of sp³-hybridized carbons (Fsp3) is 0.424. The van der Waals surface area contributed by atoms with E-state index in [1.54, 1.807) is 25.1 Å². The van der Waals surface area contributed by atoms with Crippen molar-refractivity contribution in [1.29, 1.82) is 5.26 Å². The number of amides is 1. The maximum atomic E-state index is 16.9. The van der Waals surface area contributed by atoms with Gasteiger partial charge in [0.05, 0.1) is 45.5 Å². The Kier molecular flexibility index (Phi) is 7.13. The fourth-order valence-corrected chi connectivity index (χ4v) is 7.50. The van der Waals surface area contributed by atoms with Gasteiger partial charge in [0.25, 0.3) is 5.91 Å². The third-order valence-electron chi connectivity index (χ3n) is 9.55. The van der Waals surface area contributed by atoms with Crippen LogP contribution in [-0.2, 0) is 11.2 Å². The number of hydrogen-bond acceptors (Lipinski definition) is 5. The van der Waals surface area contributed by atoms with Crippen LogP contribution in [0.5, 0.6) is 0 Å². The molecule has 2 aromatic heterocycles. The Hall–Kier alpha value is -3.29. The lowest BCUT2D eigenvalue weighted by Crippen LogP contribution is -2.41. The molecule has 2 saturated heterocycles. The molecule has 4 heterocycles. The van der Waals surface area contributed by atoms with E-state index in [0.717, 1.165) is 18.7 Å². The molecule has 3 N–H and O–H groups in total. The smallest absolute Gasteiger partial charge is 0.258 e. The quantitative estimate of drug-likeness (QED) is 0.193. The number of aromatic nitrogens is 2. The second-order valence-electron chi connectivity index (χ2n) is 12.4. The number of aliphatic hydroxyl groups excluding tert-OH is 1. The summed E-state index contributed by atoms with van der Waals surface area (Å²) in [7, 11) is 0. The maximum absolute atomic E-state index is 16.9. The highest BCUT2D eigenvalue weighted by Gasteiger charge is 2.52. The third-order valence-corrected chi connectivity index (χ3v) is 10.4. The number of rotatable bonds is 8. The molecule has 8 rings (SSSR count). The van der Waals surface area contributed by atoms with Gasteiger partial charge in [-0.25, -0.2) is 13.8 Å². The number of nitrogens with one attached hydrogen (secondary N) is 2. The van der Waals surface area contributed by atoms with Crippen molar-refractivity contribution in [2.75, 3.05) is 6.54 Å². The molecule has 2 bridgehead atoms. The first kappa shape index (κ1) is 29.4. The normalized spacial score (nSPS) is 22.9. The molecule has 44 heavy (non-hydrogen) atoms. The van der Waals surface area contributed by atoms with Gasteiger partial charge in [-0.3, -0.25) is 4.79 Å². The van der Waals surface area contributed by atoms with E-state index in [0.29, 0.717) is 39.0 Å². The summed E-state index contributed by atoms with van der Waals surface area (Å²) in [6.07, 6.45) is 0.767. The average molecular weight is 639 g/mol. The van der Waals surface area contributed by atoms with E-state index in [1.165, 1.54) is 0 Å². The minimum Gasteiger partial charge on any atom is -0.387 e. The van der Waals surface area contributed by atoms with Gasteiger partial charge in [-0.2, -0.15) is 5.26 Å². The van der Waals surface area contributed by atoms with Crippen molar-refractivity contribution in [2.24, 2.45) is 5.92 Å². The van der Waals surface area contributed by atoms with E-state index >= 15 is 4.39 Å². The molecule has 0 spiro atoms. The lowest BCUT2D eigenvalue weighted by molar-refractivity contribution is -0.128. The van der Waals surface area contributed by atoms with Gasteiger partial charge in [0.2, 0.25) is 0 Å². The first-order chi connectivity index (χ1) is 21.0. The molecule has 2 aliphatic carbocycles. The number of hydrogen-bond donors (Lipinski definition) is 3. The zero-order valence-electron chi connectivity index (χ0n) is 24.2. The van der Waals surface area contributed by atoms with Crippen LogP contribution in [0.25, 0.3) is 32.9 Å². The second kappa shape index (κ2) is 10.7. The average Bonchev–Trinajstić information content (AvgIpc) is 3.32. The molecule has 2 aliphatic heterocycles. The van der Waals surface area contributed by atoms with Crippen molar-refractivity contribution < 1.29 is 18.7 Å². The highest BCUT2D eigenvalue weighted by molar-refractivity contribution is 6.43. The number of aliphatic hydroxyl groups is 1. The van der Waals surface area contributed by atoms with Crippen LogP contribution in [0.4, 0.5) is 8.78 Å². The van der Waals surface area contributed by atoms with Crippen LogP contribution in [-0.4, -0.2) is 38.8 Å². The van der Waals surface area contributed by atoms with Gasteiger partial charge in [0.15, 0.2) is 11.5 Å². The van der Waals surface area contributed by atoms with Crippen LogP contribution >= 0.6 is 23.2 Å². The summed E-state index contributed by atoms with van der Waals surface area (Å²) in [6, 6.07) is 10.5. The molecular formula is C33H31Cl2F2N5O2. The molecule has 4 aromatic rings. The van der Waals surface area contributed by atoms with Gasteiger partial charge >= 0.3 is 0 Å². The van der Waals surface area contributed by atoms with E-state index in [9.17, 15) is 19.6 Å². The van der Waals surface area contributed by atoms with Gasteiger partial charge in [-0.1, -0.05) is 35.3 Å². The summed E-state index contributed by atoms with van der Waals surface area (Å²) >= 11 is 12.9. The number of aryl methyl sites for hydroxylation is 1. The Morgan fingerprint density at radius 1 is 1.30 bits per heavy atom. The summed E-state index contributed by atoms with van der Waals surface area (Å²) in [5.41, 5.74) is 1.12. The van der Waals surface area contributed by atoms with Crippen LogP contribution in [0.3, 0.4) is 0 Å². The van der Waals surface area contributed by atoms with Crippen molar-refractivity contribution in [1.82, 2.24) is 20.2 Å². The summed E-state index contributed by atoms with van der Waals surface area (Å²) < 4.78 is 33.8. The predicted molar refractivity (Wildman–Crippen MR) is 166 cm³/mol. The fourth-order valence-electron chi connectivity index (χ4n) is 7.10. The van der Waals surface area contributed by atoms with Crippen LogP contribution in [0, 0.1) is 23.1 Å². The molecule has 1 unspecified atom stereocenters. The van der Waals surface area contributed by atoms with Crippen LogP contribution in [0.2, 0.25) is 10.0 Å². The van der Waals surface area contributed by atoms with E-state index in [-0.39, 0.29) is 58.9 Å². The maximum Gasteiger partial charge on any atom is 0.258 e. The molecule has 4 fully saturated rings. The molecule has 7 nitrogen and oxygen atoms in total. The Bertz CT molecular complexity index is 1880. The molecule has 2 aromatic carbocycles. The number of carbonyl (C=O) groups is 1. The first-order valence-corrected chi connectivity index (χ1v) is 15.7. The molecule has 0 radical (unpaired) electrons. The topological polar surface area (TPSA) is 103 Å². The standard InChI is InChI=1S/C33H31Cl2F2N5O2/c1-15(40-32(44)33(37)8-9-33)24-13-21-28(16(2)43)41-29-20(31(21)42(24)30-18-12-23(30)39-14-18)11-17(5-4-10-38)25(27(29)36)19-6-3-7-22(34)26(19)35/h3,6-7,11,13,15-16,18,23,30,39,43H,4-5,8-9,12,14H2,1-2H3,(H,40,44)/t15-,16?,18-,23-,30+/m1/s1. The molecule has 4 aliphatic rings. The van der Waals surface area contributed by atoms with Gasteiger partial charge in [0, 0.05) is 46.6 Å². The summed E-state index contributed by atoms with van der Waals surface area (Å²) in [6.45, 7) is 4.23. The minimum absolute atomic E-state index is 0.0160. The van der Waals surface area contributed by atoms with Crippen LogP contribution in [0.1, 0.15) is 74.7 Å². The van der Waals surface area contributed by atoms with Gasteiger partial charge in [-0.05, 0) is 69.2 Å². The third kappa shape index (κ3) is 4.49. The number of alkyl halides is 1. The lowest BCUT2D eigenvalue weighted by atomic mass is 9.79. The molecule has 2 saturated carbocycles. The Labute approximate surface area is 263 Å². The Balaban J connectivity index is 1.54. The van der Waals surface area contributed by atoms with Crippen LogP contribution in [0.15, 0.2) is 30.3 Å². The summed E-state index contributed by atoms with van der Waals surface area (Å²) in [5, 5.41) is 28.4. The van der Waals surface area contributed by atoms with Crippen molar-refractivity contribution >= 4 is 50.9 Å². The highest BCUT2D eigenvalue weighted by atomic mass is 35.5. The zero-order valence-corrected chi connectivity index (χ0v) is 25.7. The molecule has 5 atom stereocenters. The molecule has 1 amide bonds. The van der Waals surface area contributed by atoms with E-state index < -0.39 is 29.5 Å². The lowest BCUT2D eigenvalue weighted by Gasteiger charge is -2.38. The number of pyridine rings is 1. The van der Waals surface area contributed by atoms with Crippen molar-refractivity contribution in [3.05, 3.63) is 63.1 Å². The number of nitriles is 1. The summed E-state index contributed by atoms with van der Waals surface area (Å²) in [4.78, 5) is 17.5. The summed E-state index contributed by atoms with van der Waals surface area (Å²) in [5.74, 6) is -0.941. The molecular weight excluding hydrogens is 607 g/mol. The van der Waals surface area contributed by atoms with E-state index in [4.69, 9.17) is 28.2 Å². The Morgan fingerprint density at radius 3 is 2.70 bits per heavy atom. The van der Waals surface area contributed by atoms with Crippen LogP contribution < -0.4 is 10.6 Å². The SMILES string of the molecule is CC(O)c1nc2c(F)c(-c3cccc(Cl)c3Cl)c(CCC#N)cc2c2c1cc([C@@H](C)NC(=O)C1(F)CC1)n2[C@H]1[C@H]2CN[C@@H]1C2. The monoisotopic (exact) mass is 637 g/mol.